The molecule has 3 N–H and O–H groups in total. The van der Waals surface area contributed by atoms with Crippen molar-refractivity contribution in [2.45, 2.75) is 18.9 Å². The minimum atomic E-state index is -1.31. The highest BCUT2D eigenvalue weighted by molar-refractivity contribution is 5.94. The fraction of sp³-hybridized carbons (Fsp3) is 0.500. The molecule has 98 valence electrons. The summed E-state index contributed by atoms with van der Waals surface area (Å²) in [6.07, 6.45) is 0.289. The number of nitrogens with two attached hydrogens (primary N) is 1. The summed E-state index contributed by atoms with van der Waals surface area (Å²) in [5.41, 5.74) is 5.98. The zero-order valence-electron chi connectivity index (χ0n) is 10.5. The van der Waals surface area contributed by atoms with E-state index in [1.54, 1.807) is 10.6 Å². The van der Waals surface area contributed by atoms with Gasteiger partial charge in [-0.1, -0.05) is 0 Å². The van der Waals surface area contributed by atoms with Crippen LogP contribution in [-0.4, -0.2) is 45.1 Å². The lowest BCUT2D eigenvalue weighted by Gasteiger charge is -2.20. The van der Waals surface area contributed by atoms with Crippen LogP contribution in [0.3, 0.4) is 0 Å². The molecule has 2 rings (SSSR count). The number of carboxylic acid groups (broad SMARTS) is 1. The Hall–Kier alpha value is -1.82. The van der Waals surface area contributed by atoms with Crippen molar-refractivity contribution in [3.05, 3.63) is 23.5 Å². The first-order valence-corrected chi connectivity index (χ1v) is 5.79. The first kappa shape index (κ1) is 12.6. The molecule has 6 nitrogen and oxygen atoms in total. The number of carbonyl (C=O) groups excluding carboxylic acids is 1. The van der Waals surface area contributed by atoms with Crippen molar-refractivity contribution >= 4 is 11.9 Å². The first-order valence-electron chi connectivity index (χ1n) is 5.79. The molecule has 2 heterocycles. The van der Waals surface area contributed by atoms with Crippen molar-refractivity contribution in [3.8, 4) is 0 Å². The molecule has 1 aromatic heterocycles. The Morgan fingerprint density at radius 1 is 1.44 bits per heavy atom. The fourth-order valence-corrected chi connectivity index (χ4v) is 2.17. The Morgan fingerprint density at radius 3 is 2.56 bits per heavy atom. The zero-order chi connectivity index (χ0) is 13.5. The largest absolute Gasteiger partial charge is 0.480 e. The van der Waals surface area contributed by atoms with Crippen LogP contribution in [0.5, 0.6) is 0 Å². The second kappa shape index (κ2) is 4.13. The number of nitrogens with zero attached hydrogens (tertiary/aromatic N) is 2. The Balaban J connectivity index is 2.18. The summed E-state index contributed by atoms with van der Waals surface area (Å²) >= 11 is 0. The average Bonchev–Trinajstić information content (AvgIpc) is 2.85. The van der Waals surface area contributed by atoms with Gasteiger partial charge in [-0.05, 0) is 25.5 Å². The maximum absolute atomic E-state index is 12.2. The summed E-state index contributed by atoms with van der Waals surface area (Å²) in [4.78, 5) is 24.8. The molecular formula is C12H17N3O3. The van der Waals surface area contributed by atoms with Crippen molar-refractivity contribution in [1.29, 1.82) is 0 Å². The molecule has 1 fully saturated rings. The van der Waals surface area contributed by atoms with Crippen molar-refractivity contribution in [2.24, 2.45) is 12.8 Å². The van der Waals surface area contributed by atoms with Crippen LogP contribution in [0.25, 0.3) is 0 Å². The van der Waals surface area contributed by atoms with E-state index in [-0.39, 0.29) is 18.9 Å². The monoisotopic (exact) mass is 251 g/mol. The van der Waals surface area contributed by atoms with Gasteiger partial charge in [-0.3, -0.25) is 9.59 Å². The number of rotatable bonds is 2. The molecule has 1 aliphatic heterocycles. The molecule has 18 heavy (non-hydrogen) atoms. The number of aromatic nitrogens is 1. The Kier molecular flexibility index (Phi) is 2.90. The molecule has 0 bridgehead atoms. The number of amides is 1. The molecule has 1 aliphatic rings. The van der Waals surface area contributed by atoms with E-state index in [0.29, 0.717) is 12.2 Å². The normalized spacial score (nSPS) is 23.4. The lowest BCUT2D eigenvalue weighted by atomic mass is 10.0. The van der Waals surface area contributed by atoms with E-state index in [4.69, 9.17) is 10.8 Å². The number of aliphatic carboxylic acids is 1. The smallest absolute Gasteiger partial charge is 0.325 e. The second-order valence-electron chi connectivity index (χ2n) is 4.86. The van der Waals surface area contributed by atoms with Crippen LogP contribution < -0.4 is 5.73 Å². The van der Waals surface area contributed by atoms with Crippen LogP contribution in [0.1, 0.15) is 22.6 Å². The minimum absolute atomic E-state index is 0.0609. The maximum Gasteiger partial charge on any atom is 0.325 e. The molecule has 0 spiro atoms. The topological polar surface area (TPSA) is 88.6 Å². The molecule has 1 amide bonds. The van der Waals surface area contributed by atoms with Gasteiger partial charge in [-0.2, -0.15) is 0 Å². The van der Waals surface area contributed by atoms with Crippen LogP contribution in [0.4, 0.5) is 0 Å². The van der Waals surface area contributed by atoms with Crippen LogP contribution in [0.15, 0.2) is 12.1 Å². The molecule has 0 aromatic carbocycles. The van der Waals surface area contributed by atoms with Crippen LogP contribution in [0.2, 0.25) is 0 Å². The van der Waals surface area contributed by atoms with Gasteiger partial charge < -0.3 is 20.3 Å². The summed E-state index contributed by atoms with van der Waals surface area (Å²) in [5.74, 6) is -1.22. The molecule has 0 saturated carbocycles. The van der Waals surface area contributed by atoms with Gasteiger partial charge in [0.2, 0.25) is 0 Å². The Labute approximate surface area is 105 Å². The predicted octanol–water partition coefficient (Wildman–Crippen LogP) is -0.0385. The molecule has 6 heteroatoms. The number of carbonyl (C=O) groups is 2. The van der Waals surface area contributed by atoms with Crippen molar-refractivity contribution < 1.29 is 14.7 Å². The van der Waals surface area contributed by atoms with E-state index in [0.717, 1.165) is 5.69 Å². The van der Waals surface area contributed by atoms with Crippen molar-refractivity contribution in [3.63, 3.8) is 0 Å². The third-order valence-electron chi connectivity index (χ3n) is 3.61. The zero-order valence-corrected chi connectivity index (χ0v) is 10.5. The summed E-state index contributed by atoms with van der Waals surface area (Å²) < 4.78 is 1.79. The molecule has 1 atom stereocenters. The third-order valence-corrected chi connectivity index (χ3v) is 3.61. The molecule has 0 radical (unpaired) electrons. The lowest BCUT2D eigenvalue weighted by Crippen LogP contribution is -2.50. The number of hydrogen-bond acceptors (Lipinski definition) is 3. The van der Waals surface area contributed by atoms with Gasteiger partial charge in [0.15, 0.2) is 0 Å². The second-order valence-corrected chi connectivity index (χ2v) is 4.86. The summed E-state index contributed by atoms with van der Waals surface area (Å²) in [7, 11) is 1.81. The molecular weight excluding hydrogens is 234 g/mol. The van der Waals surface area contributed by atoms with Gasteiger partial charge in [0.25, 0.3) is 5.91 Å². The number of carboxylic acids is 1. The van der Waals surface area contributed by atoms with E-state index in [2.05, 4.69) is 0 Å². The standard InChI is InChI=1S/C12H17N3O3/c1-8-3-4-9(14(8)2)10(16)15-6-5-12(13,7-15)11(17)18/h3-4H,5-7,13H2,1-2H3,(H,17,18). The third kappa shape index (κ3) is 1.88. The van der Waals surface area contributed by atoms with Gasteiger partial charge in [0, 0.05) is 25.8 Å². The summed E-state index contributed by atoms with van der Waals surface area (Å²) in [6.45, 7) is 2.35. The average molecular weight is 251 g/mol. The summed E-state index contributed by atoms with van der Waals surface area (Å²) in [6, 6.07) is 3.60. The van der Waals surface area contributed by atoms with E-state index >= 15 is 0 Å². The van der Waals surface area contributed by atoms with E-state index in [1.165, 1.54) is 4.90 Å². The van der Waals surface area contributed by atoms with E-state index in [9.17, 15) is 9.59 Å². The van der Waals surface area contributed by atoms with Gasteiger partial charge in [0.1, 0.15) is 11.2 Å². The highest BCUT2D eigenvalue weighted by atomic mass is 16.4. The van der Waals surface area contributed by atoms with Gasteiger partial charge in [0.05, 0.1) is 0 Å². The van der Waals surface area contributed by atoms with Crippen LogP contribution in [0, 0.1) is 6.92 Å². The highest BCUT2D eigenvalue weighted by Crippen LogP contribution is 2.21. The fourth-order valence-electron chi connectivity index (χ4n) is 2.17. The van der Waals surface area contributed by atoms with Crippen LogP contribution in [-0.2, 0) is 11.8 Å². The Bertz CT molecular complexity index is 509. The molecule has 1 unspecified atom stereocenters. The number of likely N-dealkylation sites (tertiary alicyclic amines) is 1. The number of hydrogen-bond donors (Lipinski definition) is 2. The highest BCUT2D eigenvalue weighted by Gasteiger charge is 2.43. The summed E-state index contributed by atoms with van der Waals surface area (Å²) in [5, 5.41) is 9.03. The quantitative estimate of drug-likeness (QED) is 0.772. The van der Waals surface area contributed by atoms with Gasteiger partial charge >= 0.3 is 5.97 Å². The van der Waals surface area contributed by atoms with Gasteiger partial charge in [-0.25, -0.2) is 0 Å². The Morgan fingerprint density at radius 2 is 2.11 bits per heavy atom. The number of aryl methyl sites for hydroxylation is 1. The van der Waals surface area contributed by atoms with Crippen molar-refractivity contribution in [2.75, 3.05) is 13.1 Å². The SMILES string of the molecule is Cc1ccc(C(=O)N2CCC(N)(C(=O)O)C2)n1C. The first-order chi connectivity index (χ1) is 8.35. The molecule has 0 aliphatic carbocycles. The maximum atomic E-state index is 12.2. The predicted molar refractivity (Wildman–Crippen MR) is 65.2 cm³/mol. The lowest BCUT2D eigenvalue weighted by molar-refractivity contribution is -0.142. The molecule has 1 saturated heterocycles. The van der Waals surface area contributed by atoms with Gasteiger partial charge in [-0.15, -0.1) is 0 Å². The molecule has 1 aromatic rings. The minimum Gasteiger partial charge on any atom is -0.480 e. The van der Waals surface area contributed by atoms with E-state index < -0.39 is 11.5 Å². The van der Waals surface area contributed by atoms with Crippen molar-refractivity contribution in [1.82, 2.24) is 9.47 Å². The van der Waals surface area contributed by atoms with Crippen LogP contribution >= 0.6 is 0 Å². The van der Waals surface area contributed by atoms with E-state index in [1.807, 2.05) is 20.0 Å².